The summed E-state index contributed by atoms with van der Waals surface area (Å²) in [5.74, 6) is -1.20. The number of nitrogens with two attached hydrogens (primary N) is 1. The Kier molecular flexibility index (Phi) is 7.70. The number of aryl methyl sites for hydroxylation is 1. The maximum absolute atomic E-state index is 12.0. The molecule has 0 saturated carbocycles. The van der Waals surface area contributed by atoms with Gasteiger partial charge in [-0.3, -0.25) is 14.4 Å². The minimum absolute atomic E-state index is 0.112. The molecule has 2 rings (SSSR count). The van der Waals surface area contributed by atoms with Gasteiger partial charge < -0.3 is 15.8 Å². The molecule has 3 N–H and O–H groups in total. The van der Waals surface area contributed by atoms with Crippen molar-refractivity contribution in [1.29, 1.82) is 0 Å². The number of carbonyl (C=O) groups is 3. The van der Waals surface area contributed by atoms with Crippen molar-refractivity contribution in [1.82, 2.24) is 0 Å². The molecule has 0 bridgehead atoms. The van der Waals surface area contributed by atoms with Crippen molar-refractivity contribution in [2.75, 3.05) is 17.7 Å². The monoisotopic (exact) mass is 372 g/mol. The average molecular weight is 372 g/mol. The molecule has 6 nitrogen and oxygen atoms in total. The van der Waals surface area contributed by atoms with E-state index in [9.17, 15) is 14.4 Å². The SMILES string of the molecule is NC(=O)CSc1ccccc1NC(=O)COC(=O)CCc1ccccc1. The van der Waals surface area contributed by atoms with Gasteiger partial charge in [0.2, 0.25) is 5.91 Å². The first kappa shape index (κ1) is 19.5. The highest BCUT2D eigenvalue weighted by atomic mass is 32.2. The van der Waals surface area contributed by atoms with E-state index in [0.29, 0.717) is 12.1 Å². The van der Waals surface area contributed by atoms with Crippen LogP contribution in [0.1, 0.15) is 12.0 Å². The van der Waals surface area contributed by atoms with Gasteiger partial charge in [-0.1, -0.05) is 42.5 Å². The minimum Gasteiger partial charge on any atom is -0.456 e. The standard InChI is InChI=1S/C19H20N2O4S/c20-17(22)13-26-16-9-5-4-8-15(16)21-18(23)12-25-19(24)11-10-14-6-2-1-3-7-14/h1-9H,10-13H2,(H2,20,22)(H,21,23). The maximum atomic E-state index is 12.0. The van der Waals surface area contributed by atoms with E-state index in [4.69, 9.17) is 10.5 Å². The van der Waals surface area contributed by atoms with Crippen LogP contribution >= 0.6 is 11.8 Å². The lowest BCUT2D eigenvalue weighted by Crippen LogP contribution is -2.21. The molecule has 0 radical (unpaired) electrons. The van der Waals surface area contributed by atoms with Gasteiger partial charge >= 0.3 is 5.97 Å². The third-order valence-corrected chi connectivity index (χ3v) is 4.45. The Bertz CT molecular complexity index is 765. The summed E-state index contributed by atoms with van der Waals surface area (Å²) >= 11 is 1.23. The lowest BCUT2D eigenvalue weighted by atomic mass is 10.1. The molecule has 0 spiro atoms. The Morgan fingerprint density at radius 3 is 2.42 bits per heavy atom. The van der Waals surface area contributed by atoms with Crippen LogP contribution in [0.4, 0.5) is 5.69 Å². The third kappa shape index (κ3) is 6.98. The van der Waals surface area contributed by atoms with Gasteiger partial charge in [-0.15, -0.1) is 11.8 Å². The molecule has 2 aromatic rings. The third-order valence-electron chi connectivity index (χ3n) is 3.36. The molecular weight excluding hydrogens is 352 g/mol. The second-order valence-corrected chi connectivity index (χ2v) is 6.46. The van der Waals surface area contributed by atoms with E-state index < -0.39 is 17.8 Å². The van der Waals surface area contributed by atoms with Crippen molar-refractivity contribution >= 4 is 35.2 Å². The highest BCUT2D eigenvalue weighted by molar-refractivity contribution is 8.00. The summed E-state index contributed by atoms with van der Waals surface area (Å²) in [6.45, 7) is -0.359. The molecule has 7 heteroatoms. The summed E-state index contributed by atoms with van der Waals surface area (Å²) in [5.41, 5.74) is 6.72. The number of primary amides is 1. The maximum Gasteiger partial charge on any atom is 0.306 e. The van der Waals surface area contributed by atoms with Crippen molar-refractivity contribution in [2.24, 2.45) is 5.73 Å². The highest BCUT2D eigenvalue weighted by Gasteiger charge is 2.11. The number of hydrogen-bond donors (Lipinski definition) is 2. The van der Waals surface area contributed by atoms with E-state index in [2.05, 4.69) is 5.32 Å². The number of ether oxygens (including phenoxy) is 1. The van der Waals surface area contributed by atoms with Gasteiger partial charge in [0.05, 0.1) is 11.4 Å². The lowest BCUT2D eigenvalue weighted by molar-refractivity contribution is -0.147. The van der Waals surface area contributed by atoms with Crippen molar-refractivity contribution in [2.45, 2.75) is 17.7 Å². The van der Waals surface area contributed by atoms with Gasteiger partial charge in [0.15, 0.2) is 6.61 Å². The smallest absolute Gasteiger partial charge is 0.306 e. The topological polar surface area (TPSA) is 98.5 Å². The summed E-state index contributed by atoms with van der Waals surface area (Å²) in [7, 11) is 0. The van der Waals surface area contributed by atoms with E-state index in [1.165, 1.54) is 11.8 Å². The summed E-state index contributed by atoms with van der Waals surface area (Å²) in [5, 5.41) is 2.67. The largest absolute Gasteiger partial charge is 0.456 e. The van der Waals surface area contributed by atoms with Crippen molar-refractivity contribution in [3.63, 3.8) is 0 Å². The highest BCUT2D eigenvalue weighted by Crippen LogP contribution is 2.26. The fourth-order valence-corrected chi connectivity index (χ4v) is 2.89. The number of carbonyl (C=O) groups excluding carboxylic acids is 3. The molecule has 26 heavy (non-hydrogen) atoms. The van der Waals surface area contributed by atoms with Crippen molar-refractivity contribution < 1.29 is 19.1 Å². The van der Waals surface area contributed by atoms with Crippen LogP contribution in [0.15, 0.2) is 59.5 Å². The Balaban J connectivity index is 1.78. The van der Waals surface area contributed by atoms with Crippen LogP contribution < -0.4 is 11.1 Å². The van der Waals surface area contributed by atoms with E-state index in [1.807, 2.05) is 30.3 Å². The summed E-state index contributed by atoms with van der Waals surface area (Å²) in [6.07, 6.45) is 0.774. The normalized spacial score (nSPS) is 10.2. The minimum atomic E-state index is -0.441. The second kappa shape index (κ2) is 10.2. The molecule has 0 aliphatic carbocycles. The van der Waals surface area contributed by atoms with Crippen LogP contribution in [0.2, 0.25) is 0 Å². The molecule has 0 fully saturated rings. The molecule has 0 aliphatic rings. The molecular formula is C19H20N2O4S. The predicted molar refractivity (Wildman–Crippen MR) is 101 cm³/mol. The quantitative estimate of drug-likeness (QED) is 0.520. The van der Waals surface area contributed by atoms with E-state index in [-0.39, 0.29) is 18.8 Å². The van der Waals surface area contributed by atoms with Crippen LogP contribution in [0.5, 0.6) is 0 Å². The number of rotatable bonds is 9. The fraction of sp³-hybridized carbons (Fsp3) is 0.211. The number of thioether (sulfide) groups is 1. The summed E-state index contributed by atoms with van der Waals surface area (Å²) in [4.78, 5) is 35.4. The molecule has 2 amide bonds. The van der Waals surface area contributed by atoms with Gasteiger partial charge in [0.25, 0.3) is 5.91 Å². The number of para-hydroxylation sites is 1. The zero-order valence-corrected chi connectivity index (χ0v) is 15.0. The fourth-order valence-electron chi connectivity index (χ4n) is 2.14. The summed E-state index contributed by atoms with van der Waals surface area (Å²) in [6, 6.07) is 16.6. The zero-order valence-electron chi connectivity index (χ0n) is 14.1. The van der Waals surface area contributed by atoms with Gasteiger partial charge in [-0.25, -0.2) is 0 Å². The molecule has 0 heterocycles. The first-order valence-electron chi connectivity index (χ1n) is 8.04. The number of esters is 1. The number of amides is 2. The van der Waals surface area contributed by atoms with Crippen LogP contribution in [0.25, 0.3) is 0 Å². The molecule has 2 aromatic carbocycles. The first-order valence-corrected chi connectivity index (χ1v) is 9.02. The predicted octanol–water partition coefficient (Wildman–Crippen LogP) is 2.38. The van der Waals surface area contributed by atoms with E-state index in [0.717, 1.165) is 10.5 Å². The second-order valence-electron chi connectivity index (χ2n) is 5.45. The Hall–Kier alpha value is -2.80. The van der Waals surface area contributed by atoms with Crippen LogP contribution in [-0.4, -0.2) is 30.1 Å². The van der Waals surface area contributed by atoms with Crippen molar-refractivity contribution in [3.05, 3.63) is 60.2 Å². The van der Waals surface area contributed by atoms with Crippen LogP contribution in [0, 0.1) is 0 Å². The van der Waals surface area contributed by atoms with Gasteiger partial charge in [0.1, 0.15) is 0 Å². The molecule has 136 valence electrons. The zero-order chi connectivity index (χ0) is 18.8. The number of benzene rings is 2. The average Bonchev–Trinajstić information content (AvgIpc) is 2.65. The lowest BCUT2D eigenvalue weighted by Gasteiger charge is -2.10. The van der Waals surface area contributed by atoms with E-state index in [1.54, 1.807) is 24.3 Å². The number of anilines is 1. The molecule has 0 unspecified atom stereocenters. The molecule has 0 aliphatic heterocycles. The molecule has 0 saturated heterocycles. The van der Waals surface area contributed by atoms with Crippen LogP contribution in [-0.2, 0) is 25.5 Å². The Morgan fingerprint density at radius 2 is 1.69 bits per heavy atom. The van der Waals surface area contributed by atoms with Crippen molar-refractivity contribution in [3.8, 4) is 0 Å². The van der Waals surface area contributed by atoms with Gasteiger partial charge in [-0.2, -0.15) is 0 Å². The number of nitrogens with one attached hydrogen (secondary N) is 1. The Morgan fingerprint density at radius 1 is 1.00 bits per heavy atom. The summed E-state index contributed by atoms with van der Waals surface area (Å²) < 4.78 is 5.00. The first-order chi connectivity index (χ1) is 12.5. The number of hydrogen-bond acceptors (Lipinski definition) is 5. The van der Waals surface area contributed by atoms with Crippen LogP contribution in [0.3, 0.4) is 0 Å². The molecule has 0 aromatic heterocycles. The van der Waals surface area contributed by atoms with Gasteiger partial charge in [0, 0.05) is 11.3 Å². The molecule has 0 atom stereocenters. The Labute approximate surface area is 156 Å². The van der Waals surface area contributed by atoms with Gasteiger partial charge in [-0.05, 0) is 24.1 Å². The van der Waals surface area contributed by atoms with E-state index >= 15 is 0 Å².